The molecule has 0 aromatic heterocycles. The minimum atomic E-state index is -1.63. The molecule has 12 nitrogen and oxygen atoms in total. The van der Waals surface area contributed by atoms with Gasteiger partial charge in [0.2, 0.25) is 0 Å². The lowest BCUT2D eigenvalue weighted by molar-refractivity contribution is -0.343. The van der Waals surface area contributed by atoms with Crippen LogP contribution in [-0.2, 0) is 42.8 Å². The first-order chi connectivity index (χ1) is 13.5. The Kier molecular flexibility index (Phi) is 7.91. The molecule has 2 fully saturated rings. The number of esters is 3. The standard InChI is InChI=1S/C17H26O12/c1-6-12(26-7(2)18)14(27-8(3)19)15(28-9(4)20)17(25-6)29-13-10(21)5-24-16(23)11(13)22/h6,10-17,21-23H,5H2,1-4H3/t6-,10+,11-,12+,13+,14+,15-,16-,17+/m1/s1. The second-order valence-corrected chi connectivity index (χ2v) is 6.81. The van der Waals surface area contributed by atoms with Gasteiger partial charge in [-0.3, -0.25) is 14.4 Å². The molecule has 0 spiro atoms. The number of carbonyl (C=O) groups is 3. The van der Waals surface area contributed by atoms with Gasteiger partial charge >= 0.3 is 17.9 Å². The Morgan fingerprint density at radius 1 is 0.828 bits per heavy atom. The number of hydrogen-bond acceptors (Lipinski definition) is 12. The van der Waals surface area contributed by atoms with E-state index in [4.69, 9.17) is 28.4 Å². The first-order valence-electron chi connectivity index (χ1n) is 8.99. The van der Waals surface area contributed by atoms with Crippen LogP contribution in [0.15, 0.2) is 0 Å². The molecule has 9 atom stereocenters. The second kappa shape index (κ2) is 9.78. The van der Waals surface area contributed by atoms with Crippen LogP contribution in [0.25, 0.3) is 0 Å². The van der Waals surface area contributed by atoms with Crippen LogP contribution < -0.4 is 0 Å². The van der Waals surface area contributed by atoms with Gasteiger partial charge in [-0.2, -0.15) is 0 Å². The van der Waals surface area contributed by atoms with Crippen LogP contribution in [-0.4, -0.2) is 95.1 Å². The minimum absolute atomic E-state index is 0.327. The van der Waals surface area contributed by atoms with Crippen LogP contribution in [0, 0.1) is 0 Å². The van der Waals surface area contributed by atoms with Crippen molar-refractivity contribution in [1.82, 2.24) is 0 Å². The van der Waals surface area contributed by atoms with E-state index in [1.807, 2.05) is 0 Å². The van der Waals surface area contributed by atoms with Gasteiger partial charge in [0.1, 0.15) is 18.3 Å². The van der Waals surface area contributed by atoms with Crippen molar-refractivity contribution in [3.8, 4) is 0 Å². The molecule has 0 radical (unpaired) electrons. The van der Waals surface area contributed by atoms with Crippen molar-refractivity contribution in [2.24, 2.45) is 0 Å². The number of carbonyl (C=O) groups excluding carboxylic acids is 3. The van der Waals surface area contributed by atoms with Crippen LogP contribution in [0.5, 0.6) is 0 Å². The lowest BCUT2D eigenvalue weighted by Crippen LogP contribution is -2.64. The number of aliphatic hydroxyl groups is 3. The van der Waals surface area contributed by atoms with E-state index < -0.39 is 73.2 Å². The summed E-state index contributed by atoms with van der Waals surface area (Å²) in [5.41, 5.74) is 0. The summed E-state index contributed by atoms with van der Waals surface area (Å²) < 4.78 is 31.7. The third-order valence-electron chi connectivity index (χ3n) is 4.37. The smallest absolute Gasteiger partial charge is 0.303 e. The second-order valence-electron chi connectivity index (χ2n) is 6.81. The Morgan fingerprint density at radius 3 is 1.90 bits per heavy atom. The first kappa shape index (κ1) is 23.4. The molecule has 0 aliphatic carbocycles. The van der Waals surface area contributed by atoms with Crippen LogP contribution in [0.4, 0.5) is 0 Å². The van der Waals surface area contributed by atoms with Crippen molar-refractivity contribution in [1.29, 1.82) is 0 Å². The molecule has 166 valence electrons. The third kappa shape index (κ3) is 5.84. The Morgan fingerprint density at radius 2 is 1.34 bits per heavy atom. The normalized spacial score (nSPS) is 40.0. The average molecular weight is 422 g/mol. The summed E-state index contributed by atoms with van der Waals surface area (Å²) in [4.78, 5) is 34.7. The summed E-state index contributed by atoms with van der Waals surface area (Å²) >= 11 is 0. The highest BCUT2D eigenvalue weighted by Gasteiger charge is 2.53. The molecule has 0 aromatic rings. The molecule has 3 N–H and O–H groups in total. The molecule has 2 aliphatic rings. The van der Waals surface area contributed by atoms with E-state index in [1.165, 1.54) is 6.92 Å². The van der Waals surface area contributed by atoms with Crippen molar-refractivity contribution in [3.63, 3.8) is 0 Å². The fraction of sp³-hybridized carbons (Fsp3) is 0.824. The molecule has 0 unspecified atom stereocenters. The predicted molar refractivity (Wildman–Crippen MR) is 89.8 cm³/mol. The van der Waals surface area contributed by atoms with Crippen LogP contribution in [0.3, 0.4) is 0 Å². The monoisotopic (exact) mass is 422 g/mol. The van der Waals surface area contributed by atoms with E-state index >= 15 is 0 Å². The van der Waals surface area contributed by atoms with E-state index in [2.05, 4.69) is 0 Å². The molecule has 2 aliphatic heterocycles. The number of hydrogen-bond donors (Lipinski definition) is 3. The van der Waals surface area contributed by atoms with Crippen molar-refractivity contribution < 1.29 is 58.1 Å². The molecular weight excluding hydrogens is 396 g/mol. The number of ether oxygens (including phenoxy) is 6. The van der Waals surface area contributed by atoms with E-state index in [9.17, 15) is 29.7 Å². The number of rotatable bonds is 5. The highest BCUT2D eigenvalue weighted by Crippen LogP contribution is 2.31. The fourth-order valence-corrected chi connectivity index (χ4v) is 3.19. The zero-order valence-corrected chi connectivity index (χ0v) is 16.4. The molecule has 0 aromatic carbocycles. The quantitative estimate of drug-likeness (QED) is 0.329. The lowest BCUT2D eigenvalue weighted by atomic mass is 9.98. The van der Waals surface area contributed by atoms with E-state index in [-0.39, 0.29) is 6.61 Å². The van der Waals surface area contributed by atoms with E-state index in [1.54, 1.807) is 0 Å². The maximum Gasteiger partial charge on any atom is 0.303 e. The fourth-order valence-electron chi connectivity index (χ4n) is 3.19. The van der Waals surface area contributed by atoms with Gasteiger partial charge in [-0.05, 0) is 6.92 Å². The minimum Gasteiger partial charge on any atom is -0.456 e. The van der Waals surface area contributed by atoms with Gasteiger partial charge in [-0.1, -0.05) is 0 Å². The molecule has 2 heterocycles. The van der Waals surface area contributed by atoms with Crippen molar-refractivity contribution in [3.05, 3.63) is 0 Å². The highest BCUT2D eigenvalue weighted by atomic mass is 16.7. The molecule has 0 saturated carbocycles. The summed E-state index contributed by atoms with van der Waals surface area (Å²) in [6.07, 6.45) is -12.0. The lowest BCUT2D eigenvalue weighted by Gasteiger charge is -2.45. The molecular formula is C17H26O12. The van der Waals surface area contributed by atoms with Gasteiger partial charge in [0.15, 0.2) is 30.9 Å². The van der Waals surface area contributed by atoms with Gasteiger partial charge in [-0.25, -0.2) is 0 Å². The van der Waals surface area contributed by atoms with E-state index in [0.29, 0.717) is 0 Å². The third-order valence-corrected chi connectivity index (χ3v) is 4.37. The van der Waals surface area contributed by atoms with Gasteiger partial charge in [0.05, 0.1) is 12.7 Å². The van der Waals surface area contributed by atoms with Gasteiger partial charge in [0, 0.05) is 20.8 Å². The molecule has 0 bridgehead atoms. The average Bonchev–Trinajstić information content (AvgIpc) is 2.60. The Bertz CT molecular complexity index is 609. The van der Waals surface area contributed by atoms with E-state index in [0.717, 1.165) is 20.8 Å². The van der Waals surface area contributed by atoms with Gasteiger partial charge < -0.3 is 43.7 Å². The van der Waals surface area contributed by atoms with Gasteiger partial charge in [0.25, 0.3) is 0 Å². The maximum atomic E-state index is 11.6. The molecule has 2 rings (SSSR count). The predicted octanol–water partition coefficient (Wildman–Crippen LogP) is -2.02. The summed E-state index contributed by atoms with van der Waals surface area (Å²) in [5, 5.41) is 29.8. The molecule has 12 heteroatoms. The molecule has 0 amide bonds. The maximum absolute atomic E-state index is 11.6. The summed E-state index contributed by atoms with van der Waals surface area (Å²) in [5.74, 6) is -2.19. The van der Waals surface area contributed by atoms with Crippen molar-refractivity contribution in [2.45, 2.75) is 83.0 Å². The summed E-state index contributed by atoms with van der Waals surface area (Å²) in [6, 6.07) is 0. The zero-order chi connectivity index (χ0) is 21.9. The van der Waals surface area contributed by atoms with Crippen molar-refractivity contribution in [2.75, 3.05) is 6.61 Å². The first-order valence-corrected chi connectivity index (χ1v) is 8.99. The van der Waals surface area contributed by atoms with Crippen LogP contribution in [0.1, 0.15) is 27.7 Å². The van der Waals surface area contributed by atoms with Crippen LogP contribution >= 0.6 is 0 Å². The summed E-state index contributed by atoms with van der Waals surface area (Å²) in [7, 11) is 0. The zero-order valence-electron chi connectivity index (χ0n) is 16.4. The largest absolute Gasteiger partial charge is 0.456 e. The van der Waals surface area contributed by atoms with Crippen molar-refractivity contribution >= 4 is 17.9 Å². The topological polar surface area (TPSA) is 167 Å². The Balaban J connectivity index is 2.32. The highest BCUT2D eigenvalue weighted by molar-refractivity contribution is 5.68. The number of aliphatic hydroxyl groups excluding tert-OH is 3. The molecule has 29 heavy (non-hydrogen) atoms. The summed E-state index contributed by atoms with van der Waals surface area (Å²) in [6.45, 7) is 4.55. The van der Waals surface area contributed by atoms with Crippen LogP contribution in [0.2, 0.25) is 0 Å². The Labute approximate surface area is 166 Å². The SMILES string of the molecule is CC(=O)O[C@H]1[C@@H](OC(C)=O)[C@@H](C)O[C@@H](O[C@@H]2[C@@H](O)[C@H](O)OC[C@@H]2O)[C@@H]1OC(C)=O. The molecule has 2 saturated heterocycles. The Hall–Kier alpha value is -1.83. The van der Waals surface area contributed by atoms with Gasteiger partial charge in [-0.15, -0.1) is 0 Å².